The summed E-state index contributed by atoms with van der Waals surface area (Å²) in [6.45, 7) is 0.462. The van der Waals surface area contributed by atoms with Gasteiger partial charge in [-0.25, -0.2) is 23.1 Å². The predicted octanol–water partition coefficient (Wildman–Crippen LogP) is 4.25. The Morgan fingerprint density at radius 3 is 2.72 bits per heavy atom. The van der Waals surface area contributed by atoms with Gasteiger partial charge in [-0.15, -0.1) is 0 Å². The minimum atomic E-state index is -3.18. The standard InChI is InChI=1S/C27H29N5O3S/c1-36(33,34)31-14-17-11-21(12-17)32-15-22(25-26(28)29-16-30-27(25)32)20-8-7-19-9-10-23(35-24(19)13-20)18-5-3-2-4-6-18/h2-8,13,15-17,21,23,31H,9-12,14H2,1H3,(H2,28,29,30)/t17?,21?,23-/m1/s1. The molecule has 1 atom stereocenters. The number of hydrogen-bond donors (Lipinski definition) is 2. The molecular weight excluding hydrogens is 474 g/mol. The van der Waals surface area contributed by atoms with Gasteiger partial charge in [0.2, 0.25) is 10.0 Å². The van der Waals surface area contributed by atoms with E-state index >= 15 is 0 Å². The van der Waals surface area contributed by atoms with Gasteiger partial charge in [0.1, 0.15) is 29.6 Å². The average molecular weight is 504 g/mol. The number of anilines is 1. The van der Waals surface area contributed by atoms with Crippen molar-refractivity contribution in [2.24, 2.45) is 5.92 Å². The summed E-state index contributed by atoms with van der Waals surface area (Å²) < 4.78 is 34.1. The maximum Gasteiger partial charge on any atom is 0.208 e. The van der Waals surface area contributed by atoms with Crippen LogP contribution in [0.15, 0.2) is 61.1 Å². The summed E-state index contributed by atoms with van der Waals surface area (Å²) in [6.07, 6.45) is 8.51. The molecule has 186 valence electrons. The zero-order chi connectivity index (χ0) is 24.9. The number of fused-ring (bicyclic) bond motifs is 2. The Kier molecular flexibility index (Phi) is 5.69. The Labute approximate surface area is 210 Å². The number of rotatable bonds is 6. The van der Waals surface area contributed by atoms with Crippen LogP contribution in [0.3, 0.4) is 0 Å². The van der Waals surface area contributed by atoms with Crippen molar-refractivity contribution in [2.45, 2.75) is 37.8 Å². The second-order valence-electron chi connectivity index (χ2n) is 9.90. The minimum Gasteiger partial charge on any atom is -0.485 e. The summed E-state index contributed by atoms with van der Waals surface area (Å²) in [5.74, 6) is 1.65. The molecule has 0 amide bonds. The van der Waals surface area contributed by atoms with E-state index in [0.29, 0.717) is 18.3 Å². The zero-order valence-electron chi connectivity index (χ0n) is 20.1. The Morgan fingerprint density at radius 1 is 1.14 bits per heavy atom. The molecule has 1 saturated carbocycles. The zero-order valence-corrected chi connectivity index (χ0v) is 20.9. The van der Waals surface area contributed by atoms with Gasteiger partial charge in [-0.3, -0.25) is 0 Å². The lowest BCUT2D eigenvalue weighted by atomic mass is 9.80. The third kappa shape index (κ3) is 4.33. The largest absolute Gasteiger partial charge is 0.485 e. The second kappa shape index (κ2) is 8.90. The maximum absolute atomic E-state index is 11.4. The SMILES string of the molecule is CS(=O)(=O)NCC1CC(n2cc(-c3ccc4c(c3)O[C@@H](c3ccccc3)CC4)c3c(N)ncnc32)C1. The van der Waals surface area contributed by atoms with Crippen molar-refractivity contribution in [1.29, 1.82) is 0 Å². The number of benzene rings is 2. The first-order valence-electron chi connectivity index (χ1n) is 12.3. The minimum absolute atomic E-state index is 0.0381. The first-order valence-corrected chi connectivity index (χ1v) is 14.2. The van der Waals surface area contributed by atoms with Gasteiger partial charge < -0.3 is 15.0 Å². The van der Waals surface area contributed by atoms with Crippen molar-refractivity contribution in [3.05, 3.63) is 72.2 Å². The lowest BCUT2D eigenvalue weighted by Gasteiger charge is -2.36. The second-order valence-corrected chi connectivity index (χ2v) is 11.7. The highest BCUT2D eigenvalue weighted by molar-refractivity contribution is 7.88. The lowest BCUT2D eigenvalue weighted by Crippen LogP contribution is -2.36. The van der Waals surface area contributed by atoms with Crippen LogP contribution in [0.25, 0.3) is 22.2 Å². The van der Waals surface area contributed by atoms with E-state index in [9.17, 15) is 8.42 Å². The van der Waals surface area contributed by atoms with Gasteiger partial charge in [-0.2, -0.15) is 0 Å². The maximum atomic E-state index is 11.4. The number of hydrogen-bond acceptors (Lipinski definition) is 6. The Bertz CT molecular complexity index is 1530. The molecule has 1 aliphatic heterocycles. The van der Waals surface area contributed by atoms with Crippen molar-refractivity contribution < 1.29 is 13.2 Å². The highest BCUT2D eigenvalue weighted by Gasteiger charge is 2.33. The molecule has 9 heteroatoms. The first-order chi connectivity index (χ1) is 17.4. The fraction of sp³-hybridized carbons (Fsp3) is 0.333. The number of nitrogens with one attached hydrogen (secondary N) is 1. The summed E-state index contributed by atoms with van der Waals surface area (Å²) in [6, 6.07) is 16.9. The van der Waals surface area contributed by atoms with Crippen LogP contribution >= 0.6 is 0 Å². The Hall–Kier alpha value is -3.43. The average Bonchev–Trinajstić information content (AvgIpc) is 3.23. The van der Waals surface area contributed by atoms with E-state index in [0.717, 1.165) is 53.6 Å². The van der Waals surface area contributed by atoms with Gasteiger partial charge in [0.05, 0.1) is 11.6 Å². The van der Waals surface area contributed by atoms with Crippen molar-refractivity contribution in [1.82, 2.24) is 19.3 Å². The molecule has 3 N–H and O–H groups in total. The first kappa shape index (κ1) is 23.0. The molecule has 2 aromatic carbocycles. The van der Waals surface area contributed by atoms with E-state index in [-0.39, 0.29) is 12.1 Å². The Balaban J connectivity index is 1.31. The van der Waals surface area contributed by atoms with Gasteiger partial charge in [0.25, 0.3) is 0 Å². The van der Waals surface area contributed by atoms with Crippen LogP contribution in [0.4, 0.5) is 5.82 Å². The van der Waals surface area contributed by atoms with Crippen molar-refractivity contribution >= 4 is 26.9 Å². The normalized spacial score (nSPS) is 21.5. The van der Waals surface area contributed by atoms with Gasteiger partial charge >= 0.3 is 0 Å². The topological polar surface area (TPSA) is 112 Å². The summed E-state index contributed by atoms with van der Waals surface area (Å²) in [4.78, 5) is 8.84. The molecule has 36 heavy (non-hydrogen) atoms. The number of aromatic nitrogens is 3. The highest BCUT2D eigenvalue weighted by Crippen LogP contribution is 2.44. The van der Waals surface area contributed by atoms with Crippen molar-refractivity contribution in [3.63, 3.8) is 0 Å². The summed E-state index contributed by atoms with van der Waals surface area (Å²) in [5, 5.41) is 0.838. The molecule has 0 spiro atoms. The molecule has 2 aliphatic rings. The highest BCUT2D eigenvalue weighted by atomic mass is 32.2. The molecule has 0 bridgehead atoms. The smallest absolute Gasteiger partial charge is 0.208 e. The van der Waals surface area contributed by atoms with E-state index in [1.54, 1.807) is 0 Å². The molecule has 1 aliphatic carbocycles. The van der Waals surface area contributed by atoms with Crippen LogP contribution in [0.2, 0.25) is 0 Å². The molecule has 0 radical (unpaired) electrons. The van der Waals surface area contributed by atoms with E-state index in [2.05, 4.69) is 55.8 Å². The molecule has 0 saturated heterocycles. The number of nitrogen functional groups attached to an aromatic ring is 1. The van der Waals surface area contributed by atoms with Crippen LogP contribution in [0.1, 0.15) is 42.5 Å². The summed E-state index contributed by atoms with van der Waals surface area (Å²) >= 11 is 0. The third-order valence-electron chi connectivity index (χ3n) is 7.37. The van der Waals surface area contributed by atoms with E-state index in [1.807, 2.05) is 18.2 Å². The predicted molar refractivity (Wildman–Crippen MR) is 140 cm³/mol. The molecular formula is C27H29N5O3S. The van der Waals surface area contributed by atoms with Gasteiger partial charge in [-0.1, -0.05) is 42.5 Å². The number of ether oxygens (including phenoxy) is 1. The molecule has 0 unspecified atom stereocenters. The van der Waals surface area contributed by atoms with Crippen LogP contribution in [0, 0.1) is 5.92 Å². The molecule has 2 aromatic heterocycles. The number of sulfonamides is 1. The fourth-order valence-corrected chi connectivity index (χ4v) is 5.95. The van der Waals surface area contributed by atoms with Gasteiger partial charge in [0.15, 0.2) is 0 Å². The van der Waals surface area contributed by atoms with E-state index in [4.69, 9.17) is 10.5 Å². The number of nitrogens with zero attached hydrogens (tertiary/aromatic N) is 3. The van der Waals surface area contributed by atoms with Crippen LogP contribution in [-0.4, -0.2) is 35.8 Å². The van der Waals surface area contributed by atoms with E-state index < -0.39 is 10.0 Å². The summed E-state index contributed by atoms with van der Waals surface area (Å²) in [5.41, 5.74) is 11.5. The quantitative estimate of drug-likeness (QED) is 0.407. The van der Waals surface area contributed by atoms with Crippen LogP contribution in [-0.2, 0) is 16.4 Å². The number of aryl methyl sites for hydroxylation is 1. The Morgan fingerprint density at radius 2 is 1.94 bits per heavy atom. The van der Waals surface area contributed by atoms with Gasteiger partial charge in [-0.05, 0) is 54.4 Å². The number of nitrogens with two attached hydrogens (primary N) is 1. The molecule has 4 aromatic rings. The van der Waals surface area contributed by atoms with Crippen LogP contribution < -0.4 is 15.2 Å². The lowest BCUT2D eigenvalue weighted by molar-refractivity contribution is 0.177. The third-order valence-corrected chi connectivity index (χ3v) is 8.06. The fourth-order valence-electron chi connectivity index (χ4n) is 5.41. The van der Waals surface area contributed by atoms with E-state index in [1.165, 1.54) is 23.7 Å². The summed E-state index contributed by atoms with van der Waals surface area (Å²) in [7, 11) is -3.18. The molecule has 3 heterocycles. The molecule has 6 rings (SSSR count). The molecule has 8 nitrogen and oxygen atoms in total. The van der Waals surface area contributed by atoms with Gasteiger partial charge in [0, 0.05) is 24.3 Å². The van der Waals surface area contributed by atoms with Crippen LogP contribution in [0.5, 0.6) is 5.75 Å². The monoisotopic (exact) mass is 503 g/mol. The van der Waals surface area contributed by atoms with Crippen molar-refractivity contribution in [3.8, 4) is 16.9 Å². The van der Waals surface area contributed by atoms with Crippen molar-refractivity contribution in [2.75, 3.05) is 18.5 Å². The molecule has 1 fully saturated rings.